The highest BCUT2D eigenvalue weighted by atomic mass is 16.5. The molecule has 1 saturated carbocycles. The summed E-state index contributed by atoms with van der Waals surface area (Å²) < 4.78 is 4.82. The summed E-state index contributed by atoms with van der Waals surface area (Å²) in [7, 11) is 1.64. The zero-order chi connectivity index (χ0) is 15.9. The molecule has 0 heterocycles. The topological polar surface area (TPSA) is 83.9 Å². The zero-order valence-electron chi connectivity index (χ0n) is 12.9. The van der Waals surface area contributed by atoms with Crippen LogP contribution in [0.5, 0.6) is 0 Å². The second-order valence-corrected chi connectivity index (χ2v) is 5.82. The number of carbonyl (C=O) groups excluding carboxylic acids is 2. The van der Waals surface area contributed by atoms with Gasteiger partial charge in [-0.1, -0.05) is 12.8 Å². The van der Waals surface area contributed by atoms with Crippen LogP contribution in [0.4, 0.5) is 0 Å². The van der Waals surface area contributed by atoms with Gasteiger partial charge in [0, 0.05) is 20.0 Å². The first-order valence-corrected chi connectivity index (χ1v) is 7.50. The lowest BCUT2D eigenvalue weighted by molar-refractivity contribution is -0.144. The van der Waals surface area contributed by atoms with Crippen molar-refractivity contribution in [2.75, 3.05) is 20.2 Å². The van der Waals surface area contributed by atoms with Crippen molar-refractivity contribution in [1.29, 1.82) is 0 Å². The normalized spacial score (nSPS) is 16.5. The van der Waals surface area contributed by atoms with Gasteiger partial charge in [-0.25, -0.2) is 0 Å². The third kappa shape index (κ3) is 5.73. The maximum absolute atomic E-state index is 12.2. The molecule has 1 fully saturated rings. The van der Waals surface area contributed by atoms with Gasteiger partial charge in [-0.05, 0) is 25.2 Å². The number of hydrogen-bond acceptors (Lipinski definition) is 4. The summed E-state index contributed by atoms with van der Waals surface area (Å²) in [6.45, 7) is 2.38. The second-order valence-electron chi connectivity index (χ2n) is 5.82. The maximum atomic E-state index is 12.2. The Hall–Kier alpha value is -1.59. The van der Waals surface area contributed by atoms with Crippen molar-refractivity contribution in [3.8, 4) is 0 Å². The number of carboxylic acids is 1. The zero-order valence-corrected chi connectivity index (χ0v) is 12.9. The first-order chi connectivity index (χ1) is 9.88. The van der Waals surface area contributed by atoms with Gasteiger partial charge in [-0.15, -0.1) is 0 Å². The number of amides is 1. The highest BCUT2D eigenvalue weighted by molar-refractivity contribution is 5.79. The highest BCUT2D eigenvalue weighted by Gasteiger charge is 2.38. The fraction of sp³-hybridized carbons (Fsp3) is 0.800. The Bertz CT molecular complexity index is 388. The van der Waals surface area contributed by atoms with Crippen LogP contribution in [0.15, 0.2) is 0 Å². The molecule has 6 heteroatoms. The molecule has 1 aliphatic rings. The lowest BCUT2D eigenvalue weighted by Crippen LogP contribution is -2.34. The van der Waals surface area contributed by atoms with E-state index in [0.29, 0.717) is 13.2 Å². The van der Waals surface area contributed by atoms with Gasteiger partial charge in [0.05, 0.1) is 19.4 Å². The van der Waals surface area contributed by atoms with E-state index < -0.39 is 11.4 Å². The van der Waals surface area contributed by atoms with Gasteiger partial charge >= 0.3 is 11.9 Å². The third-order valence-electron chi connectivity index (χ3n) is 4.10. The Balaban J connectivity index is 2.49. The Morgan fingerprint density at radius 1 is 1.19 bits per heavy atom. The van der Waals surface area contributed by atoms with Crippen molar-refractivity contribution in [2.45, 2.75) is 51.9 Å². The summed E-state index contributed by atoms with van der Waals surface area (Å²) in [5, 5.41) is 9.04. The predicted octanol–water partition coefficient (Wildman–Crippen LogP) is 1.82. The summed E-state index contributed by atoms with van der Waals surface area (Å²) in [5.74, 6) is -1.26. The molecule has 0 aliphatic heterocycles. The number of nitrogens with zero attached hydrogens (tertiary/aromatic N) is 1. The van der Waals surface area contributed by atoms with E-state index in [-0.39, 0.29) is 31.1 Å². The van der Waals surface area contributed by atoms with Gasteiger partial charge in [0.2, 0.25) is 5.91 Å². The number of carboxylic acid groups (broad SMARTS) is 1. The minimum absolute atomic E-state index is 0.0461. The molecule has 21 heavy (non-hydrogen) atoms. The van der Waals surface area contributed by atoms with Gasteiger partial charge in [-0.2, -0.15) is 0 Å². The Morgan fingerprint density at radius 3 is 2.33 bits per heavy atom. The molecule has 0 unspecified atom stereocenters. The highest BCUT2D eigenvalue weighted by Crippen LogP contribution is 2.44. The summed E-state index contributed by atoms with van der Waals surface area (Å²) in [6, 6.07) is 0. The van der Waals surface area contributed by atoms with Crippen molar-refractivity contribution < 1.29 is 24.2 Å². The van der Waals surface area contributed by atoms with Gasteiger partial charge in [0.1, 0.15) is 0 Å². The lowest BCUT2D eigenvalue weighted by Gasteiger charge is -2.29. The van der Waals surface area contributed by atoms with Crippen molar-refractivity contribution >= 4 is 17.8 Å². The number of carbonyl (C=O) groups is 3. The van der Waals surface area contributed by atoms with E-state index in [2.05, 4.69) is 0 Å². The van der Waals surface area contributed by atoms with E-state index in [4.69, 9.17) is 9.84 Å². The van der Waals surface area contributed by atoms with Crippen LogP contribution < -0.4 is 0 Å². The molecule has 0 aromatic rings. The third-order valence-corrected chi connectivity index (χ3v) is 4.10. The van der Waals surface area contributed by atoms with Crippen LogP contribution in [0.3, 0.4) is 0 Å². The van der Waals surface area contributed by atoms with Crippen LogP contribution in [0.1, 0.15) is 51.9 Å². The van der Waals surface area contributed by atoms with Crippen molar-refractivity contribution in [1.82, 2.24) is 4.90 Å². The van der Waals surface area contributed by atoms with Crippen LogP contribution >= 0.6 is 0 Å². The molecule has 0 atom stereocenters. The number of rotatable bonds is 8. The molecule has 6 nitrogen and oxygen atoms in total. The number of aliphatic carboxylic acids is 1. The van der Waals surface area contributed by atoms with Gasteiger partial charge < -0.3 is 14.7 Å². The SMILES string of the molecule is CCOC(=O)CCN(C)C(=O)CC1(CC(=O)O)CCCC1. The first-order valence-electron chi connectivity index (χ1n) is 7.50. The fourth-order valence-electron chi connectivity index (χ4n) is 2.93. The van der Waals surface area contributed by atoms with E-state index in [0.717, 1.165) is 25.7 Å². The first kappa shape index (κ1) is 17.5. The van der Waals surface area contributed by atoms with Crippen molar-refractivity contribution in [3.05, 3.63) is 0 Å². The standard InChI is InChI=1S/C15H25NO5/c1-3-21-14(20)6-9-16(2)12(17)10-15(11-13(18)19)7-4-5-8-15/h3-11H2,1-2H3,(H,18,19). The molecule has 0 aromatic heterocycles. The molecule has 0 bridgehead atoms. The minimum Gasteiger partial charge on any atom is -0.481 e. The second kappa shape index (κ2) is 8.00. The van der Waals surface area contributed by atoms with E-state index in [9.17, 15) is 14.4 Å². The van der Waals surface area contributed by atoms with Gasteiger partial charge in [0.25, 0.3) is 0 Å². The van der Waals surface area contributed by atoms with E-state index in [1.54, 1.807) is 14.0 Å². The summed E-state index contributed by atoms with van der Waals surface area (Å²) in [6.07, 6.45) is 4.00. The average molecular weight is 299 g/mol. The smallest absolute Gasteiger partial charge is 0.307 e. The minimum atomic E-state index is -0.848. The largest absolute Gasteiger partial charge is 0.481 e. The van der Waals surface area contributed by atoms with Crippen molar-refractivity contribution in [2.24, 2.45) is 5.41 Å². The average Bonchev–Trinajstić information content (AvgIpc) is 2.83. The molecule has 120 valence electrons. The van der Waals surface area contributed by atoms with E-state index >= 15 is 0 Å². The molecule has 0 radical (unpaired) electrons. The van der Waals surface area contributed by atoms with Crippen LogP contribution in [0.25, 0.3) is 0 Å². The van der Waals surface area contributed by atoms with E-state index in [1.807, 2.05) is 0 Å². The lowest BCUT2D eigenvalue weighted by atomic mass is 9.79. The van der Waals surface area contributed by atoms with Crippen LogP contribution in [-0.4, -0.2) is 48.1 Å². The van der Waals surface area contributed by atoms with Crippen LogP contribution in [0.2, 0.25) is 0 Å². The molecule has 1 N–H and O–H groups in total. The van der Waals surface area contributed by atoms with Crippen LogP contribution in [0, 0.1) is 5.41 Å². The quantitative estimate of drug-likeness (QED) is 0.691. The number of ether oxygens (including phenoxy) is 1. The monoisotopic (exact) mass is 299 g/mol. The fourth-order valence-corrected chi connectivity index (χ4v) is 2.93. The number of hydrogen-bond donors (Lipinski definition) is 1. The Labute approximate surface area is 125 Å². The summed E-state index contributed by atoms with van der Waals surface area (Å²) in [4.78, 5) is 36.0. The molecular weight excluding hydrogens is 274 g/mol. The molecular formula is C15H25NO5. The van der Waals surface area contributed by atoms with E-state index in [1.165, 1.54) is 4.90 Å². The molecule has 1 aliphatic carbocycles. The summed E-state index contributed by atoms with van der Waals surface area (Å²) >= 11 is 0. The Morgan fingerprint density at radius 2 is 1.81 bits per heavy atom. The predicted molar refractivity (Wildman–Crippen MR) is 76.7 cm³/mol. The number of esters is 1. The molecule has 0 aromatic carbocycles. The Kier molecular flexibility index (Phi) is 6.65. The molecule has 0 saturated heterocycles. The summed E-state index contributed by atoms with van der Waals surface area (Å²) in [5.41, 5.74) is -0.402. The van der Waals surface area contributed by atoms with Crippen LogP contribution in [-0.2, 0) is 19.1 Å². The molecule has 1 rings (SSSR count). The molecule has 1 amide bonds. The van der Waals surface area contributed by atoms with Gasteiger partial charge in [-0.3, -0.25) is 14.4 Å². The maximum Gasteiger partial charge on any atom is 0.307 e. The van der Waals surface area contributed by atoms with Crippen molar-refractivity contribution in [3.63, 3.8) is 0 Å². The van der Waals surface area contributed by atoms with Gasteiger partial charge in [0.15, 0.2) is 0 Å². The molecule has 0 spiro atoms.